The number of carbonyl (C=O) groups is 2. The molecule has 3 heterocycles. The molecule has 0 saturated carbocycles. The molecule has 0 bridgehead atoms. The van der Waals surface area contributed by atoms with Gasteiger partial charge in [-0.3, -0.25) is 14.4 Å². The summed E-state index contributed by atoms with van der Waals surface area (Å²) in [5, 5.41) is 4.72. The third kappa shape index (κ3) is 5.82. The van der Waals surface area contributed by atoms with Gasteiger partial charge in [0.2, 0.25) is 11.7 Å². The highest BCUT2D eigenvalue weighted by Gasteiger charge is 2.26. The van der Waals surface area contributed by atoms with Gasteiger partial charge in [-0.05, 0) is 23.1 Å². The molecule has 13 heteroatoms. The van der Waals surface area contributed by atoms with Gasteiger partial charge in [-0.1, -0.05) is 6.07 Å². The smallest absolute Gasteiger partial charge is 0.287 e. The average molecular weight is 507 g/mol. The van der Waals surface area contributed by atoms with E-state index in [4.69, 9.17) is 24.7 Å². The number of fused-ring (bicyclic) bond motifs is 1. The fourth-order valence-corrected chi connectivity index (χ4v) is 4.33. The average Bonchev–Trinajstić information content (AvgIpc) is 3.27. The van der Waals surface area contributed by atoms with Crippen LogP contribution in [0.1, 0.15) is 21.7 Å². The largest absolute Gasteiger partial charge is 0.494 e. The van der Waals surface area contributed by atoms with Gasteiger partial charge in [0.1, 0.15) is 10.9 Å². The Morgan fingerprint density at radius 2 is 2.17 bits per heavy atom. The molecule has 35 heavy (non-hydrogen) atoms. The maximum absolute atomic E-state index is 13.5. The van der Waals surface area contributed by atoms with Gasteiger partial charge in [-0.2, -0.15) is 0 Å². The van der Waals surface area contributed by atoms with Crippen LogP contribution in [0.15, 0.2) is 28.4 Å². The Morgan fingerprint density at radius 3 is 2.89 bits per heavy atom. The number of amides is 2. The third-order valence-electron chi connectivity index (χ3n) is 5.25. The van der Waals surface area contributed by atoms with Crippen molar-refractivity contribution in [1.82, 2.24) is 15.3 Å². The lowest BCUT2D eigenvalue weighted by Crippen LogP contribution is -2.44. The summed E-state index contributed by atoms with van der Waals surface area (Å²) >= 11 is 1.21. The topological polar surface area (TPSA) is 155 Å². The van der Waals surface area contributed by atoms with Gasteiger partial charge in [0.15, 0.2) is 17.7 Å². The Morgan fingerprint density at radius 1 is 1.34 bits per heavy atom. The van der Waals surface area contributed by atoms with Crippen molar-refractivity contribution in [3.63, 3.8) is 0 Å². The highest BCUT2D eigenvalue weighted by atomic mass is 32.1. The fourth-order valence-electron chi connectivity index (χ4n) is 3.40. The molecule has 186 valence electrons. The molecule has 2 atom stereocenters. The standard InChI is InChI=1S/C22H23FN4O7S/c1-31-15-4-11(2-3-14(15)23)5-25-21(30)19-26-20(29)17-12(10-35-22(17)27-19)6-32-7-13-8-34-16(9-33-13)18(24)28/h2-4,10,13,16H,5-9H2,1H3,(H2,24,28)(H,25,30)(H,26,27,29)/t13-,16-/m1/s1. The second-order valence-electron chi connectivity index (χ2n) is 7.70. The lowest BCUT2D eigenvalue weighted by atomic mass is 10.2. The van der Waals surface area contributed by atoms with Crippen LogP contribution in [-0.4, -0.2) is 60.9 Å². The molecule has 4 N–H and O–H groups in total. The Labute approximate surface area is 202 Å². The number of rotatable bonds is 9. The van der Waals surface area contributed by atoms with Crippen LogP contribution in [-0.2, 0) is 32.2 Å². The quantitative estimate of drug-likeness (QED) is 0.386. The number of H-pyrrole nitrogens is 1. The van der Waals surface area contributed by atoms with Gasteiger partial charge in [0, 0.05) is 12.1 Å². The van der Waals surface area contributed by atoms with Crippen molar-refractivity contribution >= 4 is 33.4 Å². The van der Waals surface area contributed by atoms with Crippen LogP contribution in [0.4, 0.5) is 4.39 Å². The first kappa shape index (κ1) is 24.7. The molecule has 0 spiro atoms. The van der Waals surface area contributed by atoms with Crippen LogP contribution in [0.3, 0.4) is 0 Å². The second-order valence-corrected chi connectivity index (χ2v) is 8.56. The van der Waals surface area contributed by atoms with Crippen LogP contribution < -0.4 is 21.3 Å². The minimum Gasteiger partial charge on any atom is -0.494 e. The second kappa shape index (κ2) is 10.9. The molecule has 0 unspecified atom stereocenters. The predicted octanol–water partition coefficient (Wildman–Crippen LogP) is 0.848. The number of aromatic amines is 1. The molecule has 1 aromatic carbocycles. The van der Waals surface area contributed by atoms with E-state index in [1.807, 2.05) is 0 Å². The van der Waals surface area contributed by atoms with Crippen LogP contribution in [0.25, 0.3) is 10.2 Å². The SMILES string of the molecule is COc1cc(CNC(=O)c2nc3scc(COC[C@@H]4CO[C@@H](C(N)=O)CO4)c3c(=O)[nH]2)ccc1F. The zero-order valence-corrected chi connectivity index (χ0v) is 19.5. The van der Waals surface area contributed by atoms with Crippen LogP contribution >= 0.6 is 11.3 Å². The summed E-state index contributed by atoms with van der Waals surface area (Å²) in [6, 6.07) is 4.23. The summed E-state index contributed by atoms with van der Waals surface area (Å²) in [5.41, 5.74) is 5.95. The Balaban J connectivity index is 1.35. The van der Waals surface area contributed by atoms with Crippen molar-refractivity contribution in [3.8, 4) is 5.75 Å². The van der Waals surface area contributed by atoms with Crippen molar-refractivity contribution < 1.29 is 32.9 Å². The molecule has 1 aliphatic heterocycles. The van der Waals surface area contributed by atoms with E-state index in [2.05, 4.69) is 15.3 Å². The van der Waals surface area contributed by atoms with Crippen LogP contribution in [0, 0.1) is 5.82 Å². The molecule has 3 aromatic rings. The van der Waals surface area contributed by atoms with Gasteiger partial charge < -0.3 is 35.0 Å². The molecule has 4 rings (SSSR count). The molecular weight excluding hydrogens is 483 g/mol. The van der Waals surface area contributed by atoms with E-state index in [0.29, 0.717) is 21.3 Å². The van der Waals surface area contributed by atoms with Crippen LogP contribution in [0.2, 0.25) is 0 Å². The number of benzene rings is 1. The number of hydrogen-bond donors (Lipinski definition) is 3. The molecule has 1 saturated heterocycles. The molecule has 1 aliphatic rings. The first-order valence-corrected chi connectivity index (χ1v) is 11.4. The number of aromatic nitrogens is 2. The van der Waals surface area contributed by atoms with Gasteiger partial charge in [0.05, 0.1) is 38.9 Å². The summed E-state index contributed by atoms with van der Waals surface area (Å²) in [5.74, 6) is -1.74. The normalized spacial score (nSPS) is 17.9. The van der Waals surface area contributed by atoms with Crippen molar-refractivity contribution in [2.75, 3.05) is 26.9 Å². The van der Waals surface area contributed by atoms with E-state index < -0.39 is 29.3 Å². The zero-order chi connectivity index (χ0) is 24.9. The minimum absolute atomic E-state index is 0.0634. The maximum atomic E-state index is 13.5. The highest BCUT2D eigenvalue weighted by molar-refractivity contribution is 7.16. The van der Waals surface area contributed by atoms with E-state index in [0.717, 1.165) is 0 Å². The molecular formula is C22H23FN4O7S. The van der Waals surface area contributed by atoms with Gasteiger partial charge in [0.25, 0.3) is 11.5 Å². The summed E-state index contributed by atoms with van der Waals surface area (Å²) in [7, 11) is 1.35. The van der Waals surface area contributed by atoms with E-state index in [-0.39, 0.29) is 50.7 Å². The number of hydrogen-bond acceptors (Lipinski definition) is 9. The first-order chi connectivity index (χ1) is 16.9. The number of ether oxygens (including phenoxy) is 4. The summed E-state index contributed by atoms with van der Waals surface area (Å²) in [6.45, 7) is 0.649. The van der Waals surface area contributed by atoms with E-state index >= 15 is 0 Å². The molecule has 0 radical (unpaired) electrons. The van der Waals surface area contributed by atoms with E-state index in [1.165, 1.54) is 36.6 Å². The highest BCUT2D eigenvalue weighted by Crippen LogP contribution is 2.22. The monoisotopic (exact) mass is 506 g/mol. The summed E-state index contributed by atoms with van der Waals surface area (Å²) in [6.07, 6.45) is -1.12. The number of carbonyl (C=O) groups excluding carboxylic acids is 2. The van der Waals surface area contributed by atoms with Gasteiger partial charge >= 0.3 is 0 Å². The third-order valence-corrected chi connectivity index (χ3v) is 6.17. The Bertz CT molecular complexity index is 1290. The number of thiophene rings is 1. The number of halogens is 1. The zero-order valence-electron chi connectivity index (χ0n) is 18.7. The van der Waals surface area contributed by atoms with Crippen molar-refractivity contribution in [1.29, 1.82) is 0 Å². The number of methoxy groups -OCH3 is 1. The Hall–Kier alpha value is -3.39. The number of primary amides is 1. The molecule has 2 aromatic heterocycles. The van der Waals surface area contributed by atoms with Crippen molar-refractivity contribution in [3.05, 3.63) is 56.7 Å². The first-order valence-electron chi connectivity index (χ1n) is 10.6. The molecule has 11 nitrogen and oxygen atoms in total. The molecule has 0 aliphatic carbocycles. The van der Waals surface area contributed by atoms with E-state index in [9.17, 15) is 18.8 Å². The minimum atomic E-state index is -0.762. The summed E-state index contributed by atoms with van der Waals surface area (Å²) < 4.78 is 35.0. The summed E-state index contributed by atoms with van der Waals surface area (Å²) in [4.78, 5) is 43.5. The molecule has 2 amide bonds. The fraction of sp³-hybridized carbons (Fsp3) is 0.364. The number of nitrogens with one attached hydrogen (secondary N) is 2. The van der Waals surface area contributed by atoms with Crippen LogP contribution in [0.5, 0.6) is 5.75 Å². The van der Waals surface area contributed by atoms with Crippen molar-refractivity contribution in [2.45, 2.75) is 25.4 Å². The van der Waals surface area contributed by atoms with Gasteiger partial charge in [-0.25, -0.2) is 9.37 Å². The number of nitrogens with zero attached hydrogens (tertiary/aromatic N) is 1. The lowest BCUT2D eigenvalue weighted by molar-refractivity contribution is -0.166. The molecule has 1 fully saturated rings. The lowest BCUT2D eigenvalue weighted by Gasteiger charge is -2.27. The van der Waals surface area contributed by atoms with E-state index in [1.54, 1.807) is 5.38 Å². The predicted molar refractivity (Wildman–Crippen MR) is 123 cm³/mol. The maximum Gasteiger partial charge on any atom is 0.287 e. The van der Waals surface area contributed by atoms with Gasteiger partial charge in [-0.15, -0.1) is 11.3 Å². The Kier molecular flexibility index (Phi) is 7.70. The number of nitrogens with two attached hydrogens (primary N) is 1. The van der Waals surface area contributed by atoms with Crippen molar-refractivity contribution in [2.24, 2.45) is 5.73 Å².